The third-order valence-electron chi connectivity index (χ3n) is 2.20. The molecule has 2 heterocycles. The van der Waals surface area contributed by atoms with Gasteiger partial charge in [-0.05, 0) is 12.1 Å². The van der Waals surface area contributed by atoms with Crippen LogP contribution in [0.2, 0.25) is 0 Å². The van der Waals surface area contributed by atoms with Crippen molar-refractivity contribution in [3.8, 4) is 5.95 Å². The fourth-order valence-electron chi connectivity index (χ4n) is 1.56. The predicted octanol–water partition coefficient (Wildman–Crippen LogP) is 2.69. The monoisotopic (exact) mass is 185 g/mol. The molecule has 0 amide bonds. The summed E-state index contributed by atoms with van der Waals surface area (Å²) in [6.07, 6.45) is 0. The van der Waals surface area contributed by atoms with Gasteiger partial charge in [-0.25, -0.2) is 4.98 Å². The second kappa shape index (κ2) is 2.48. The van der Waals surface area contributed by atoms with Crippen LogP contribution in [0.5, 0.6) is 5.95 Å². The second-order valence-corrected chi connectivity index (χ2v) is 3.16. The van der Waals surface area contributed by atoms with Gasteiger partial charge >= 0.3 is 0 Å². The average molecular weight is 185 g/mol. The Labute approximate surface area is 79.6 Å². The minimum atomic E-state index is -0.0946. The minimum absolute atomic E-state index is 0.0946. The van der Waals surface area contributed by atoms with Gasteiger partial charge in [0.25, 0.3) is 5.95 Å². The molecular weight excluding hydrogens is 178 g/mol. The van der Waals surface area contributed by atoms with Crippen LogP contribution in [0.4, 0.5) is 0 Å². The quantitative estimate of drug-likeness (QED) is 0.585. The Morgan fingerprint density at radius 1 is 1.07 bits per heavy atom. The van der Waals surface area contributed by atoms with Crippen LogP contribution in [0, 0.1) is 0 Å². The molecule has 1 N–H and O–H groups in total. The molecule has 0 spiro atoms. The zero-order valence-corrected chi connectivity index (χ0v) is 7.27. The molecule has 2 aromatic heterocycles. The third-order valence-corrected chi connectivity index (χ3v) is 2.20. The maximum atomic E-state index is 9.16. The molecule has 1 aromatic carbocycles. The molecule has 3 aromatic rings. The van der Waals surface area contributed by atoms with Crippen molar-refractivity contribution in [3.63, 3.8) is 0 Å². The minimum Gasteiger partial charge on any atom is -0.481 e. The van der Waals surface area contributed by atoms with Gasteiger partial charge in [0.1, 0.15) is 0 Å². The highest BCUT2D eigenvalue weighted by molar-refractivity contribution is 5.90. The summed E-state index contributed by atoms with van der Waals surface area (Å²) in [5, 5.41) is 11.0. The van der Waals surface area contributed by atoms with Gasteiger partial charge in [-0.3, -0.25) is 0 Å². The van der Waals surface area contributed by atoms with Crippen LogP contribution in [0.3, 0.4) is 0 Å². The molecule has 0 aliphatic heterocycles. The molecule has 14 heavy (non-hydrogen) atoms. The van der Waals surface area contributed by atoms with Gasteiger partial charge in [-0.15, -0.1) is 0 Å². The van der Waals surface area contributed by atoms with Crippen LogP contribution in [0.25, 0.3) is 22.0 Å². The van der Waals surface area contributed by atoms with E-state index in [2.05, 4.69) is 4.98 Å². The fourth-order valence-corrected chi connectivity index (χ4v) is 1.56. The lowest BCUT2D eigenvalue weighted by Gasteiger charge is -1.94. The van der Waals surface area contributed by atoms with Crippen LogP contribution in [-0.4, -0.2) is 10.1 Å². The number of aromatic hydroxyl groups is 1. The van der Waals surface area contributed by atoms with Crippen LogP contribution in [-0.2, 0) is 0 Å². The van der Waals surface area contributed by atoms with Crippen LogP contribution < -0.4 is 0 Å². The van der Waals surface area contributed by atoms with Crippen molar-refractivity contribution >= 4 is 22.0 Å². The van der Waals surface area contributed by atoms with Crippen LogP contribution in [0.1, 0.15) is 0 Å². The molecule has 0 fully saturated rings. The number of nitrogens with zero attached hydrogens (tertiary/aromatic N) is 1. The van der Waals surface area contributed by atoms with E-state index in [9.17, 15) is 0 Å². The molecule has 0 unspecified atom stereocenters. The molecule has 0 bridgehead atoms. The van der Waals surface area contributed by atoms with E-state index in [-0.39, 0.29) is 5.95 Å². The summed E-state index contributed by atoms with van der Waals surface area (Å²) in [5.74, 6) is -0.0946. The molecule has 68 valence electrons. The van der Waals surface area contributed by atoms with Crippen molar-refractivity contribution < 1.29 is 9.52 Å². The Morgan fingerprint density at radius 3 is 2.86 bits per heavy atom. The van der Waals surface area contributed by atoms with E-state index in [4.69, 9.17) is 9.52 Å². The zero-order valence-electron chi connectivity index (χ0n) is 7.27. The first kappa shape index (κ1) is 7.38. The van der Waals surface area contributed by atoms with E-state index in [1.165, 1.54) is 0 Å². The lowest BCUT2D eigenvalue weighted by molar-refractivity contribution is 0.344. The summed E-state index contributed by atoms with van der Waals surface area (Å²) >= 11 is 0. The Bertz CT molecular complexity index is 560. The summed E-state index contributed by atoms with van der Waals surface area (Å²) in [7, 11) is 0. The van der Waals surface area contributed by atoms with E-state index in [0.29, 0.717) is 5.71 Å². The highest BCUT2D eigenvalue weighted by atomic mass is 16.5. The highest BCUT2D eigenvalue weighted by Crippen LogP contribution is 2.25. The molecule has 3 nitrogen and oxygen atoms in total. The number of aromatic nitrogens is 1. The van der Waals surface area contributed by atoms with Crippen molar-refractivity contribution in [1.82, 2.24) is 4.98 Å². The van der Waals surface area contributed by atoms with E-state index in [0.717, 1.165) is 16.3 Å². The molecule has 0 saturated heterocycles. The SMILES string of the molecule is Oc1cc2cc3ccccc3nc2o1. The molecule has 0 saturated carbocycles. The molecule has 0 radical (unpaired) electrons. The smallest absolute Gasteiger partial charge is 0.284 e. The third kappa shape index (κ3) is 0.956. The van der Waals surface area contributed by atoms with Crippen LogP contribution >= 0.6 is 0 Å². The lowest BCUT2D eigenvalue weighted by Crippen LogP contribution is -1.77. The number of para-hydroxylation sites is 1. The first-order valence-corrected chi connectivity index (χ1v) is 4.31. The molecule has 0 aliphatic carbocycles. The van der Waals surface area contributed by atoms with Crippen molar-refractivity contribution in [2.75, 3.05) is 0 Å². The molecule has 0 atom stereocenters. The van der Waals surface area contributed by atoms with E-state index >= 15 is 0 Å². The molecular formula is C11H7NO2. The second-order valence-electron chi connectivity index (χ2n) is 3.16. The van der Waals surface area contributed by atoms with Gasteiger partial charge in [0.05, 0.1) is 5.52 Å². The van der Waals surface area contributed by atoms with Gasteiger partial charge in [-0.1, -0.05) is 18.2 Å². The summed E-state index contributed by atoms with van der Waals surface area (Å²) in [4.78, 5) is 4.27. The van der Waals surface area contributed by atoms with Crippen molar-refractivity contribution in [2.45, 2.75) is 0 Å². The van der Waals surface area contributed by atoms with Crippen molar-refractivity contribution in [1.29, 1.82) is 0 Å². The first-order valence-electron chi connectivity index (χ1n) is 4.31. The Hall–Kier alpha value is -2.03. The Morgan fingerprint density at radius 2 is 1.93 bits per heavy atom. The lowest BCUT2D eigenvalue weighted by atomic mass is 10.2. The van der Waals surface area contributed by atoms with Gasteiger partial charge in [-0.2, -0.15) is 0 Å². The van der Waals surface area contributed by atoms with E-state index in [1.54, 1.807) is 6.07 Å². The van der Waals surface area contributed by atoms with E-state index < -0.39 is 0 Å². The maximum absolute atomic E-state index is 9.16. The van der Waals surface area contributed by atoms with E-state index in [1.807, 2.05) is 30.3 Å². The fraction of sp³-hybridized carbons (Fsp3) is 0. The standard InChI is InChI=1S/C11H7NO2/c13-10-6-8-5-7-3-1-2-4-9(7)12-11(8)14-10/h1-6,13H. The number of hydrogen-bond acceptors (Lipinski definition) is 3. The number of fused-ring (bicyclic) bond motifs is 2. The van der Waals surface area contributed by atoms with Gasteiger partial charge in [0.2, 0.25) is 5.71 Å². The number of hydrogen-bond donors (Lipinski definition) is 1. The first-order chi connectivity index (χ1) is 6.83. The topological polar surface area (TPSA) is 46.3 Å². The van der Waals surface area contributed by atoms with Gasteiger partial charge in [0.15, 0.2) is 0 Å². The summed E-state index contributed by atoms with van der Waals surface area (Å²) in [6, 6.07) is 11.3. The molecule has 3 rings (SSSR count). The summed E-state index contributed by atoms with van der Waals surface area (Å²) in [6.45, 7) is 0. The summed E-state index contributed by atoms with van der Waals surface area (Å²) in [5.41, 5.74) is 1.34. The number of benzene rings is 1. The number of furan rings is 1. The van der Waals surface area contributed by atoms with Crippen LogP contribution in [0.15, 0.2) is 40.8 Å². The van der Waals surface area contributed by atoms with Gasteiger partial charge in [0, 0.05) is 16.8 Å². The van der Waals surface area contributed by atoms with Crippen molar-refractivity contribution in [2.24, 2.45) is 0 Å². The predicted molar refractivity (Wildman–Crippen MR) is 53.2 cm³/mol. The Kier molecular flexibility index (Phi) is 1.31. The normalized spacial score (nSPS) is 11.1. The highest BCUT2D eigenvalue weighted by Gasteiger charge is 2.04. The van der Waals surface area contributed by atoms with Crippen molar-refractivity contribution in [3.05, 3.63) is 36.4 Å². The molecule has 3 heteroatoms. The van der Waals surface area contributed by atoms with Gasteiger partial charge < -0.3 is 9.52 Å². The zero-order chi connectivity index (χ0) is 9.54. The largest absolute Gasteiger partial charge is 0.481 e. The number of pyridine rings is 1. The number of rotatable bonds is 0. The Balaban J connectivity index is 2.51. The average Bonchev–Trinajstić information content (AvgIpc) is 2.53. The maximum Gasteiger partial charge on any atom is 0.284 e. The molecule has 0 aliphatic rings. The summed E-state index contributed by atoms with van der Waals surface area (Å²) < 4.78 is 5.02.